The summed E-state index contributed by atoms with van der Waals surface area (Å²) in [6.45, 7) is 10.8. The standard InChI is InChI=1S/C46H59N5O10/c1-30(2)24-37(45(58)50-38(25-34-14-10-7-11-15-34)44(57)47-31(3)42(55)46(5)29-60-46)49-43(56)36(18-16-33-12-8-6-9-13-33)48-41(54)28-51(20-22-59-23-21-51)27-35-17-19-40(39(53)26-35)61-32(4)52/h6-15,17,19,26,30-31,36-38H,16,18,20-25,27-29H2,1-5H3,(H4-,47,48,49,50,53,54,56,57,58)/p+1/t31-,36-,37-,38-,46+/m0/s1. The summed E-state index contributed by atoms with van der Waals surface area (Å²) in [5.74, 6) is -3.10. The molecule has 15 heteroatoms. The van der Waals surface area contributed by atoms with E-state index in [0.717, 1.165) is 16.7 Å². The van der Waals surface area contributed by atoms with E-state index in [4.69, 9.17) is 14.2 Å². The van der Waals surface area contributed by atoms with Crippen LogP contribution >= 0.6 is 0 Å². The van der Waals surface area contributed by atoms with Gasteiger partial charge in [-0.15, -0.1) is 0 Å². The summed E-state index contributed by atoms with van der Waals surface area (Å²) in [6.07, 6.45) is 1.07. The van der Waals surface area contributed by atoms with Crippen molar-refractivity contribution in [2.24, 2.45) is 5.92 Å². The summed E-state index contributed by atoms with van der Waals surface area (Å²) in [7, 11) is 0. The average molecular weight is 843 g/mol. The summed E-state index contributed by atoms with van der Waals surface area (Å²) >= 11 is 0. The summed E-state index contributed by atoms with van der Waals surface area (Å²) in [5.41, 5.74) is 1.52. The Hall–Kier alpha value is -5.64. The van der Waals surface area contributed by atoms with Gasteiger partial charge >= 0.3 is 5.97 Å². The average Bonchev–Trinajstić information content (AvgIpc) is 3.98. The molecule has 5 atom stereocenters. The fourth-order valence-corrected chi connectivity index (χ4v) is 7.56. The number of carbonyl (C=O) groups excluding carboxylic acids is 6. The normalized spacial score (nSPS) is 18.7. The Labute approximate surface area is 357 Å². The summed E-state index contributed by atoms with van der Waals surface area (Å²) in [4.78, 5) is 80.7. The van der Waals surface area contributed by atoms with Crippen LogP contribution in [-0.2, 0) is 57.6 Å². The molecule has 328 valence electrons. The van der Waals surface area contributed by atoms with Crippen molar-refractivity contribution in [3.8, 4) is 11.5 Å². The third kappa shape index (κ3) is 13.9. The fraction of sp³-hybridized carbons (Fsp3) is 0.478. The second-order valence-corrected chi connectivity index (χ2v) is 16.8. The quantitative estimate of drug-likeness (QED) is 0.0460. The molecule has 0 bridgehead atoms. The Balaban J connectivity index is 1.33. The molecule has 4 amide bonds. The first-order valence-electron chi connectivity index (χ1n) is 20.9. The summed E-state index contributed by atoms with van der Waals surface area (Å²) in [6, 6.07) is 19.5. The molecule has 0 radical (unpaired) electrons. The lowest BCUT2D eigenvalue weighted by Gasteiger charge is -2.41. The van der Waals surface area contributed by atoms with Crippen molar-refractivity contribution < 1.29 is 52.6 Å². The molecule has 5 rings (SSSR count). The molecule has 3 aromatic carbocycles. The minimum Gasteiger partial charge on any atom is -0.504 e. The molecule has 0 aliphatic carbocycles. The first kappa shape index (κ1) is 46.4. The van der Waals surface area contributed by atoms with E-state index in [2.05, 4.69) is 21.3 Å². The highest BCUT2D eigenvalue weighted by Gasteiger charge is 2.49. The van der Waals surface area contributed by atoms with Gasteiger partial charge in [0.1, 0.15) is 43.4 Å². The first-order valence-corrected chi connectivity index (χ1v) is 20.9. The lowest BCUT2D eigenvalue weighted by Crippen LogP contribution is -2.61. The molecule has 2 heterocycles. The van der Waals surface area contributed by atoms with Crippen LogP contribution in [0.1, 0.15) is 64.2 Å². The van der Waals surface area contributed by atoms with Gasteiger partial charge in [0.25, 0.3) is 5.91 Å². The zero-order valence-electron chi connectivity index (χ0n) is 35.7. The van der Waals surface area contributed by atoms with Crippen LogP contribution in [-0.4, -0.2) is 114 Å². The maximum Gasteiger partial charge on any atom is 0.308 e. The third-order valence-electron chi connectivity index (χ3n) is 11.0. The van der Waals surface area contributed by atoms with Gasteiger partial charge in [0.2, 0.25) is 17.7 Å². The smallest absolute Gasteiger partial charge is 0.308 e. The monoisotopic (exact) mass is 842 g/mol. The van der Waals surface area contributed by atoms with Crippen LogP contribution in [0.3, 0.4) is 0 Å². The van der Waals surface area contributed by atoms with E-state index in [1.807, 2.05) is 74.5 Å². The molecule has 2 fully saturated rings. The molecule has 2 aliphatic rings. The van der Waals surface area contributed by atoms with Crippen LogP contribution in [0.5, 0.6) is 11.5 Å². The van der Waals surface area contributed by atoms with Crippen molar-refractivity contribution in [1.82, 2.24) is 21.3 Å². The van der Waals surface area contributed by atoms with Gasteiger partial charge in [-0.1, -0.05) is 74.5 Å². The Morgan fingerprint density at radius 3 is 1.95 bits per heavy atom. The topological polar surface area (TPSA) is 202 Å². The molecule has 2 aliphatic heterocycles. The molecule has 5 N–H and O–H groups in total. The number of phenols is 1. The van der Waals surface area contributed by atoms with E-state index in [9.17, 15) is 33.9 Å². The maximum atomic E-state index is 14.3. The van der Waals surface area contributed by atoms with Crippen molar-refractivity contribution in [2.45, 2.75) is 96.6 Å². The molecule has 0 aromatic heterocycles. The second-order valence-electron chi connectivity index (χ2n) is 16.8. The molecule has 3 aromatic rings. The fourth-order valence-electron chi connectivity index (χ4n) is 7.56. The lowest BCUT2D eigenvalue weighted by molar-refractivity contribution is -0.940. The highest BCUT2D eigenvalue weighted by Crippen LogP contribution is 2.30. The number of hydrogen-bond donors (Lipinski definition) is 5. The maximum absolute atomic E-state index is 14.3. The number of amides is 4. The number of ether oxygens (including phenoxy) is 3. The molecule has 15 nitrogen and oxygen atoms in total. The van der Waals surface area contributed by atoms with Crippen LogP contribution in [0, 0.1) is 5.92 Å². The van der Waals surface area contributed by atoms with Gasteiger partial charge in [-0.3, -0.25) is 28.8 Å². The van der Waals surface area contributed by atoms with Crippen LogP contribution in [0.25, 0.3) is 0 Å². The van der Waals surface area contributed by atoms with Crippen molar-refractivity contribution in [2.75, 3.05) is 39.5 Å². The highest BCUT2D eigenvalue weighted by atomic mass is 16.6. The number of rotatable bonds is 21. The number of morpholine rings is 1. The van der Waals surface area contributed by atoms with E-state index < -0.39 is 53.5 Å². The molecule has 0 saturated carbocycles. The minimum absolute atomic E-state index is 0.00330. The predicted molar refractivity (Wildman–Crippen MR) is 226 cm³/mol. The number of ketones is 1. The van der Waals surface area contributed by atoms with Crippen LogP contribution in [0.15, 0.2) is 78.9 Å². The predicted octanol–water partition coefficient (Wildman–Crippen LogP) is 2.90. The number of Topliss-reactive ketones (excluding diaryl/α,β-unsaturated/α-hetero) is 1. The van der Waals surface area contributed by atoms with Crippen molar-refractivity contribution in [3.05, 3.63) is 95.6 Å². The number of aryl methyl sites for hydroxylation is 1. The Bertz CT molecular complexity index is 2000. The zero-order valence-corrected chi connectivity index (χ0v) is 35.7. The summed E-state index contributed by atoms with van der Waals surface area (Å²) < 4.78 is 16.3. The number of aromatic hydroxyl groups is 1. The van der Waals surface area contributed by atoms with Crippen LogP contribution in [0.4, 0.5) is 0 Å². The molecule has 0 spiro atoms. The van der Waals surface area contributed by atoms with Crippen LogP contribution < -0.4 is 26.0 Å². The number of hydrogen-bond acceptors (Lipinski definition) is 10. The van der Waals surface area contributed by atoms with E-state index in [1.54, 1.807) is 19.9 Å². The number of phenolic OH excluding ortho intramolecular Hbond substituents is 1. The Morgan fingerprint density at radius 2 is 1.36 bits per heavy atom. The van der Waals surface area contributed by atoms with Gasteiger partial charge in [0.15, 0.2) is 23.8 Å². The number of esters is 1. The van der Waals surface area contributed by atoms with Crippen molar-refractivity contribution in [1.29, 1.82) is 0 Å². The minimum atomic E-state index is -1.08. The second kappa shape index (κ2) is 21.2. The number of carbonyl (C=O) groups is 6. The van der Waals surface area contributed by atoms with Gasteiger partial charge in [-0.05, 0) is 68.4 Å². The van der Waals surface area contributed by atoms with E-state index >= 15 is 0 Å². The number of nitrogens with one attached hydrogen (secondary N) is 4. The number of nitrogens with zero attached hydrogens (tertiary/aromatic N) is 1. The highest BCUT2D eigenvalue weighted by molar-refractivity contribution is 5.98. The number of quaternary nitrogens is 1. The molecule has 0 unspecified atom stereocenters. The van der Waals surface area contributed by atoms with Gasteiger partial charge in [0.05, 0.1) is 25.9 Å². The lowest BCUT2D eigenvalue weighted by atomic mass is 9.99. The molecular formula is C46H60N5O10+. The summed E-state index contributed by atoms with van der Waals surface area (Å²) in [5, 5.41) is 22.1. The Morgan fingerprint density at radius 1 is 0.770 bits per heavy atom. The van der Waals surface area contributed by atoms with Crippen molar-refractivity contribution >= 4 is 35.4 Å². The Kier molecular flexibility index (Phi) is 16.2. The first-order chi connectivity index (χ1) is 29.0. The molecule has 61 heavy (non-hydrogen) atoms. The van der Waals surface area contributed by atoms with Gasteiger partial charge in [0, 0.05) is 18.9 Å². The largest absolute Gasteiger partial charge is 0.504 e. The van der Waals surface area contributed by atoms with E-state index in [-0.39, 0.29) is 66.0 Å². The molecular weight excluding hydrogens is 783 g/mol. The van der Waals surface area contributed by atoms with Crippen LogP contribution in [0.2, 0.25) is 0 Å². The van der Waals surface area contributed by atoms with Crippen molar-refractivity contribution in [3.63, 3.8) is 0 Å². The van der Waals surface area contributed by atoms with E-state index in [1.165, 1.54) is 19.1 Å². The zero-order chi connectivity index (χ0) is 44.2. The number of epoxide rings is 1. The molecule has 2 saturated heterocycles. The van der Waals surface area contributed by atoms with Gasteiger partial charge < -0.3 is 45.1 Å². The number of benzene rings is 3. The van der Waals surface area contributed by atoms with Gasteiger partial charge in [-0.2, -0.15) is 0 Å². The van der Waals surface area contributed by atoms with Gasteiger partial charge in [-0.25, -0.2) is 0 Å². The third-order valence-corrected chi connectivity index (χ3v) is 11.0. The SMILES string of the molecule is CC(=O)Oc1ccc(C[N+]2(CC(=O)N[C@@H](CCc3ccccc3)C(=O)N[C@@H](CC(C)C)C(=O)N[C@@H](Cc3ccccc3)C(=O)N[C@@H](C)C(=O)[C@@]3(C)CO3)CCOCC2)cc1O. The van der Waals surface area contributed by atoms with E-state index in [0.29, 0.717) is 39.3 Å².